The van der Waals surface area contributed by atoms with Crippen LogP contribution in [0.3, 0.4) is 0 Å². The van der Waals surface area contributed by atoms with Crippen LogP contribution in [0, 0.1) is 0 Å². The van der Waals surface area contributed by atoms with Gasteiger partial charge in [0.1, 0.15) is 18.3 Å². The van der Waals surface area contributed by atoms with Gasteiger partial charge in [0.25, 0.3) is 0 Å². The fourth-order valence-electron chi connectivity index (χ4n) is 2.82. The Morgan fingerprint density at radius 1 is 1.03 bits per heavy atom. The molecule has 1 unspecified atom stereocenters. The lowest BCUT2D eigenvalue weighted by Gasteiger charge is -2.23. The summed E-state index contributed by atoms with van der Waals surface area (Å²) in [5.41, 5.74) is 2.39. The van der Waals surface area contributed by atoms with Crippen LogP contribution in [0.4, 0.5) is 0 Å². The Morgan fingerprint density at radius 2 is 1.66 bits per heavy atom. The van der Waals surface area contributed by atoms with E-state index >= 15 is 0 Å². The third kappa shape index (κ3) is 9.17. The van der Waals surface area contributed by atoms with Crippen LogP contribution in [0.25, 0.3) is 0 Å². The number of nitrogens with zero attached hydrogens (tertiary/aromatic N) is 2. The molecule has 0 aliphatic rings. The number of aliphatic hydroxyl groups excluding tert-OH is 5. The zero-order valence-electron chi connectivity index (χ0n) is 18.0. The van der Waals surface area contributed by atoms with Gasteiger partial charge in [-0.15, -0.1) is 0 Å². The van der Waals surface area contributed by atoms with Crippen molar-refractivity contribution in [3.63, 3.8) is 0 Å². The predicted octanol–water partition coefficient (Wildman–Crippen LogP) is 0.325. The highest BCUT2D eigenvalue weighted by Crippen LogP contribution is 2.27. The fourth-order valence-corrected chi connectivity index (χ4v) is 2.94. The van der Waals surface area contributed by atoms with Gasteiger partial charge in [0.05, 0.1) is 6.61 Å². The summed E-state index contributed by atoms with van der Waals surface area (Å²) in [5, 5.41) is 52.6. The number of hydrogen-bond acceptors (Lipinski definition) is 8. The lowest BCUT2D eigenvalue weighted by molar-refractivity contribution is -0.164. The van der Waals surface area contributed by atoms with Crippen LogP contribution in [-0.4, -0.2) is 98.2 Å². The normalized spacial score (nSPS) is 15.8. The van der Waals surface area contributed by atoms with Gasteiger partial charge in [-0.3, -0.25) is 4.98 Å². The molecule has 32 heavy (non-hydrogen) atoms. The molecule has 0 aliphatic carbocycles. The Bertz CT molecular complexity index is 793. The van der Waals surface area contributed by atoms with Crippen LogP contribution in [0.1, 0.15) is 23.6 Å². The highest BCUT2D eigenvalue weighted by atomic mass is 35.5. The van der Waals surface area contributed by atoms with E-state index in [4.69, 9.17) is 42.2 Å². The van der Waals surface area contributed by atoms with Gasteiger partial charge in [-0.25, -0.2) is 4.79 Å². The first-order chi connectivity index (χ1) is 15.1. The zero-order chi connectivity index (χ0) is 24.3. The fraction of sp³-hybridized carbons (Fsp3) is 0.455. The van der Waals surface area contributed by atoms with Crippen LogP contribution in [0.15, 0.2) is 48.7 Å². The summed E-state index contributed by atoms with van der Waals surface area (Å²) in [6, 6.07) is 14.2. The van der Waals surface area contributed by atoms with Gasteiger partial charge in [-0.2, -0.15) is 0 Å². The number of carboxylic acids is 1. The van der Waals surface area contributed by atoms with Crippen molar-refractivity contribution in [2.24, 2.45) is 0 Å². The number of benzene rings is 1. The molecule has 0 radical (unpaired) electrons. The molecule has 178 valence electrons. The molecule has 10 heteroatoms. The van der Waals surface area contributed by atoms with E-state index in [0.29, 0.717) is 5.92 Å². The molecule has 0 aliphatic heterocycles. The van der Waals surface area contributed by atoms with Gasteiger partial charge in [-0.05, 0) is 56.9 Å². The molecule has 5 atom stereocenters. The van der Waals surface area contributed by atoms with E-state index in [1.807, 2.05) is 30.5 Å². The summed E-state index contributed by atoms with van der Waals surface area (Å²) in [4.78, 5) is 16.8. The standard InChI is InChI=1S/C16H19ClN2.C6H12O7/c1-19(2)12-10-15(16-5-3-4-11-18-16)13-6-8-14(17)9-7-13;7-1-2(8)3(9)4(10)5(11)6(12)13/h3-9,11,15H,10,12H2,1-2H3;2-5,7-11H,1H2,(H,12,13)/t;2-,3-,4+,5-/m.1/s1. The van der Waals surface area contributed by atoms with Gasteiger partial charge in [0, 0.05) is 22.8 Å². The largest absolute Gasteiger partial charge is 0.479 e. The van der Waals surface area contributed by atoms with Crippen molar-refractivity contribution < 1.29 is 35.4 Å². The molecule has 9 nitrogen and oxygen atoms in total. The van der Waals surface area contributed by atoms with E-state index in [2.05, 4.69) is 42.2 Å². The number of aliphatic carboxylic acids is 1. The van der Waals surface area contributed by atoms with Crippen LogP contribution in [0.2, 0.25) is 5.02 Å². The summed E-state index contributed by atoms with van der Waals surface area (Å²) >= 11 is 5.97. The molecule has 2 rings (SSSR count). The molecule has 0 fully saturated rings. The maximum absolute atomic E-state index is 10.1. The summed E-state index contributed by atoms with van der Waals surface area (Å²) in [6.45, 7) is 0.189. The predicted molar refractivity (Wildman–Crippen MR) is 119 cm³/mol. The van der Waals surface area contributed by atoms with Crippen molar-refractivity contribution in [3.05, 3.63) is 64.9 Å². The minimum absolute atomic E-state index is 0.320. The Kier molecular flexibility index (Phi) is 12.3. The van der Waals surface area contributed by atoms with Gasteiger partial charge < -0.3 is 35.5 Å². The van der Waals surface area contributed by atoms with E-state index in [9.17, 15) is 4.79 Å². The SMILES string of the molecule is CN(C)CCC(c1ccc(Cl)cc1)c1ccccn1.O=C(O)[C@H](O)[C@@H](O)[C@H](O)[C@H](O)CO. The van der Waals surface area contributed by atoms with Crippen LogP contribution < -0.4 is 0 Å². The number of halogens is 1. The minimum atomic E-state index is -2.20. The number of rotatable bonds is 10. The topological polar surface area (TPSA) is 155 Å². The number of carbonyl (C=O) groups is 1. The van der Waals surface area contributed by atoms with Crippen molar-refractivity contribution in [1.82, 2.24) is 9.88 Å². The van der Waals surface area contributed by atoms with Crippen LogP contribution >= 0.6 is 11.6 Å². The Hall–Kier alpha value is -2.11. The quantitative estimate of drug-likeness (QED) is 0.288. The molecule has 0 amide bonds. The second-order valence-electron chi connectivity index (χ2n) is 7.46. The van der Waals surface area contributed by atoms with Crippen molar-refractivity contribution in [2.45, 2.75) is 36.8 Å². The van der Waals surface area contributed by atoms with Gasteiger partial charge in [0.15, 0.2) is 6.10 Å². The van der Waals surface area contributed by atoms with Crippen molar-refractivity contribution >= 4 is 17.6 Å². The average Bonchev–Trinajstić information content (AvgIpc) is 2.79. The van der Waals surface area contributed by atoms with E-state index in [-0.39, 0.29) is 0 Å². The molecular weight excluding hydrogens is 440 g/mol. The second-order valence-corrected chi connectivity index (χ2v) is 7.90. The first-order valence-electron chi connectivity index (χ1n) is 9.95. The summed E-state index contributed by atoms with van der Waals surface area (Å²) in [7, 11) is 4.19. The molecule has 1 aromatic heterocycles. The molecule has 0 saturated carbocycles. The summed E-state index contributed by atoms with van der Waals surface area (Å²) < 4.78 is 0. The molecule has 1 heterocycles. The van der Waals surface area contributed by atoms with Gasteiger partial charge in [-0.1, -0.05) is 29.8 Å². The number of aliphatic hydroxyl groups is 5. The molecule has 1 aromatic carbocycles. The number of hydrogen-bond donors (Lipinski definition) is 6. The van der Waals surface area contributed by atoms with Gasteiger partial charge >= 0.3 is 5.97 Å². The van der Waals surface area contributed by atoms with E-state index < -0.39 is 37.0 Å². The summed E-state index contributed by atoms with van der Waals surface area (Å²) in [5.74, 6) is -1.41. The molecule has 0 spiro atoms. The molecule has 0 bridgehead atoms. The smallest absolute Gasteiger partial charge is 0.335 e. The zero-order valence-corrected chi connectivity index (χ0v) is 18.7. The van der Waals surface area contributed by atoms with Crippen molar-refractivity contribution in [1.29, 1.82) is 0 Å². The van der Waals surface area contributed by atoms with E-state index in [1.54, 1.807) is 0 Å². The third-order valence-electron chi connectivity index (χ3n) is 4.69. The van der Waals surface area contributed by atoms with Crippen molar-refractivity contribution in [2.75, 3.05) is 27.2 Å². The molecule has 6 N–H and O–H groups in total. The lowest BCUT2D eigenvalue weighted by atomic mass is 9.92. The molecule has 2 aromatic rings. The van der Waals surface area contributed by atoms with Crippen molar-refractivity contribution in [3.8, 4) is 0 Å². The van der Waals surface area contributed by atoms with Crippen LogP contribution in [0.5, 0.6) is 0 Å². The maximum Gasteiger partial charge on any atom is 0.335 e. The highest BCUT2D eigenvalue weighted by molar-refractivity contribution is 6.30. The minimum Gasteiger partial charge on any atom is -0.479 e. The molecule has 0 saturated heterocycles. The second kappa shape index (κ2) is 14.1. The van der Waals surface area contributed by atoms with E-state index in [1.165, 1.54) is 5.56 Å². The Balaban J connectivity index is 0.000000347. The number of aromatic nitrogens is 1. The Morgan fingerprint density at radius 3 is 2.12 bits per heavy atom. The monoisotopic (exact) mass is 470 g/mol. The average molecular weight is 471 g/mol. The van der Waals surface area contributed by atoms with E-state index in [0.717, 1.165) is 23.7 Å². The first kappa shape index (κ1) is 27.9. The maximum atomic E-state index is 10.1. The molecular formula is C22H31ClN2O7. The van der Waals surface area contributed by atoms with Gasteiger partial charge in [0.2, 0.25) is 0 Å². The highest BCUT2D eigenvalue weighted by Gasteiger charge is 2.33. The van der Waals surface area contributed by atoms with Crippen LogP contribution in [-0.2, 0) is 4.79 Å². The third-order valence-corrected chi connectivity index (χ3v) is 4.94. The Labute approximate surface area is 192 Å². The number of carboxylic acid groups (broad SMARTS) is 1. The summed E-state index contributed by atoms with van der Waals surface area (Å²) in [6.07, 6.45) is -4.93. The first-order valence-corrected chi connectivity index (χ1v) is 10.3. The lowest BCUT2D eigenvalue weighted by Crippen LogP contribution is -2.48. The number of pyridine rings is 1.